The highest BCUT2D eigenvalue weighted by molar-refractivity contribution is 7.89. The van der Waals surface area contributed by atoms with Crippen LogP contribution < -0.4 is 4.74 Å². The van der Waals surface area contributed by atoms with E-state index in [0.717, 1.165) is 46.5 Å². The molecule has 2 unspecified atom stereocenters. The van der Waals surface area contributed by atoms with Crippen LogP contribution in [0.25, 0.3) is 0 Å². The number of methoxy groups -OCH3 is 1. The van der Waals surface area contributed by atoms with Crippen molar-refractivity contribution >= 4 is 15.9 Å². The van der Waals surface area contributed by atoms with Crippen molar-refractivity contribution in [1.82, 2.24) is 13.8 Å². The molecular weight excluding hydrogens is 526 g/mol. The summed E-state index contributed by atoms with van der Waals surface area (Å²) < 4.78 is 42.7. The maximum absolute atomic E-state index is 13.8. The van der Waals surface area contributed by atoms with Crippen molar-refractivity contribution in [1.29, 1.82) is 0 Å². The lowest BCUT2D eigenvalue weighted by molar-refractivity contribution is -0.139. The lowest BCUT2D eigenvalue weighted by Crippen LogP contribution is -2.47. The molecule has 0 aliphatic carbocycles. The zero-order valence-electron chi connectivity index (χ0n) is 23.8. The van der Waals surface area contributed by atoms with Crippen LogP contribution in [0.3, 0.4) is 0 Å². The molecule has 1 saturated heterocycles. The summed E-state index contributed by atoms with van der Waals surface area (Å²) in [6, 6.07) is 15.2. The predicted octanol–water partition coefficient (Wildman–Crippen LogP) is 4.61. The minimum Gasteiger partial charge on any atom is -0.497 e. The van der Waals surface area contributed by atoms with Crippen molar-refractivity contribution in [3.8, 4) is 5.75 Å². The van der Waals surface area contributed by atoms with Gasteiger partial charge in [0.1, 0.15) is 12.4 Å². The van der Waals surface area contributed by atoms with Crippen molar-refractivity contribution in [2.24, 2.45) is 0 Å². The van der Waals surface area contributed by atoms with Gasteiger partial charge < -0.3 is 18.9 Å². The van der Waals surface area contributed by atoms with Gasteiger partial charge in [-0.1, -0.05) is 36.2 Å². The molecule has 1 amide bonds. The fourth-order valence-corrected chi connectivity index (χ4v) is 8.40. The molecule has 2 aliphatic heterocycles. The first-order chi connectivity index (χ1) is 19.2. The second kappa shape index (κ2) is 11.8. The molecule has 0 N–H and O–H groups in total. The fraction of sp³-hybridized carbons (Fsp3) is 0.452. The summed E-state index contributed by atoms with van der Waals surface area (Å²) in [7, 11) is -2.06. The second-order valence-corrected chi connectivity index (χ2v) is 12.7. The number of ether oxygens (including phenoxy) is 2. The van der Waals surface area contributed by atoms with Gasteiger partial charge in [0.25, 0.3) is 0 Å². The lowest BCUT2D eigenvalue weighted by atomic mass is 9.99. The Morgan fingerprint density at radius 1 is 0.975 bits per heavy atom. The quantitative estimate of drug-likeness (QED) is 0.398. The fourth-order valence-electron chi connectivity index (χ4n) is 6.30. The van der Waals surface area contributed by atoms with E-state index in [1.807, 2.05) is 74.3 Å². The number of amides is 1. The van der Waals surface area contributed by atoms with Gasteiger partial charge in [0.2, 0.25) is 15.9 Å². The maximum atomic E-state index is 13.8. The topological polar surface area (TPSA) is 81.1 Å². The van der Waals surface area contributed by atoms with Crippen molar-refractivity contribution in [3.05, 3.63) is 82.7 Å². The molecule has 5 rings (SSSR count). The minimum atomic E-state index is -3.69. The Labute approximate surface area is 237 Å². The van der Waals surface area contributed by atoms with E-state index < -0.39 is 10.0 Å². The molecule has 2 aromatic carbocycles. The maximum Gasteiger partial charge on any atom is 0.249 e. The number of carbonyl (C=O) groups excluding carboxylic acids is 1. The number of hydrogen-bond donors (Lipinski definition) is 0. The molecule has 8 nitrogen and oxygen atoms in total. The molecular formula is C31H39N3O5S. The van der Waals surface area contributed by atoms with Gasteiger partial charge in [-0.25, -0.2) is 8.42 Å². The van der Waals surface area contributed by atoms with Crippen LogP contribution in [0.5, 0.6) is 5.75 Å². The number of benzene rings is 2. The van der Waals surface area contributed by atoms with Gasteiger partial charge in [0.15, 0.2) is 0 Å². The SMILES string of the molecule is COc1ccc(C2c3cccn3CCN2C(=O)COCC2CCCCN2S(=O)(=O)c2c(C)cc(C)cc2C)cc1. The monoisotopic (exact) mass is 565 g/mol. The van der Waals surface area contributed by atoms with E-state index in [1.165, 1.54) is 0 Å². The van der Waals surface area contributed by atoms with Gasteiger partial charge in [-0.05, 0) is 74.6 Å². The predicted molar refractivity (Wildman–Crippen MR) is 154 cm³/mol. The van der Waals surface area contributed by atoms with Gasteiger partial charge in [-0.3, -0.25) is 4.79 Å². The van der Waals surface area contributed by atoms with Gasteiger partial charge >= 0.3 is 0 Å². The van der Waals surface area contributed by atoms with Gasteiger partial charge in [0, 0.05) is 37.6 Å². The van der Waals surface area contributed by atoms with Crippen LogP contribution in [0, 0.1) is 20.8 Å². The van der Waals surface area contributed by atoms with Crippen LogP contribution in [-0.2, 0) is 26.1 Å². The number of aryl methyl sites for hydroxylation is 3. The Morgan fingerprint density at radius 3 is 2.40 bits per heavy atom. The van der Waals surface area contributed by atoms with Crippen LogP contribution in [0.1, 0.15) is 53.3 Å². The van der Waals surface area contributed by atoms with Crippen LogP contribution in [-0.4, -0.2) is 67.6 Å². The first-order valence-corrected chi connectivity index (χ1v) is 15.4. The third kappa shape index (κ3) is 5.55. The molecule has 1 fully saturated rings. The molecule has 0 spiro atoms. The largest absolute Gasteiger partial charge is 0.497 e. The van der Waals surface area contributed by atoms with Crippen LogP contribution >= 0.6 is 0 Å². The van der Waals surface area contributed by atoms with E-state index in [-0.39, 0.29) is 31.2 Å². The summed E-state index contributed by atoms with van der Waals surface area (Å²) in [5, 5.41) is 0. The molecule has 2 atom stereocenters. The van der Waals surface area contributed by atoms with Gasteiger partial charge in [0.05, 0.1) is 24.7 Å². The highest BCUT2D eigenvalue weighted by Gasteiger charge is 2.36. The number of fused-ring (bicyclic) bond motifs is 1. The Balaban J connectivity index is 1.30. The highest BCUT2D eigenvalue weighted by atomic mass is 32.2. The molecule has 3 heterocycles. The van der Waals surface area contributed by atoms with Gasteiger partial charge in [-0.15, -0.1) is 0 Å². The summed E-state index contributed by atoms with van der Waals surface area (Å²) in [4.78, 5) is 15.8. The Kier molecular flexibility index (Phi) is 8.35. The summed E-state index contributed by atoms with van der Waals surface area (Å²) in [6.45, 7) is 7.52. The molecule has 1 aromatic heterocycles. The number of aromatic nitrogens is 1. The molecule has 2 aliphatic rings. The minimum absolute atomic E-state index is 0.0969. The van der Waals surface area contributed by atoms with Gasteiger partial charge in [-0.2, -0.15) is 4.31 Å². The molecule has 3 aromatic rings. The molecule has 0 radical (unpaired) electrons. The number of sulfonamides is 1. The molecule has 0 bridgehead atoms. The van der Waals surface area contributed by atoms with E-state index in [2.05, 4.69) is 10.6 Å². The normalized spacial score (nSPS) is 19.9. The average molecular weight is 566 g/mol. The van der Waals surface area contributed by atoms with E-state index in [0.29, 0.717) is 31.0 Å². The molecule has 40 heavy (non-hydrogen) atoms. The zero-order chi connectivity index (χ0) is 28.4. The number of nitrogens with zero attached hydrogens (tertiary/aromatic N) is 3. The first kappa shape index (κ1) is 28.4. The Hall–Kier alpha value is -3.14. The second-order valence-electron chi connectivity index (χ2n) is 10.9. The van der Waals surface area contributed by atoms with Crippen LogP contribution in [0.4, 0.5) is 0 Å². The van der Waals surface area contributed by atoms with Crippen molar-refractivity contribution in [2.45, 2.75) is 63.6 Å². The number of piperidine rings is 1. The summed E-state index contributed by atoms with van der Waals surface area (Å²) in [5.74, 6) is 0.655. The lowest BCUT2D eigenvalue weighted by Gasteiger charge is -2.38. The summed E-state index contributed by atoms with van der Waals surface area (Å²) in [6.07, 6.45) is 4.50. The Bertz CT molecular complexity index is 1440. The number of carbonyl (C=O) groups is 1. The van der Waals surface area contributed by atoms with Crippen molar-refractivity contribution in [3.63, 3.8) is 0 Å². The summed E-state index contributed by atoms with van der Waals surface area (Å²) >= 11 is 0. The molecule has 214 valence electrons. The summed E-state index contributed by atoms with van der Waals surface area (Å²) in [5.41, 5.74) is 4.62. The third-order valence-electron chi connectivity index (χ3n) is 8.07. The number of hydrogen-bond acceptors (Lipinski definition) is 5. The third-order valence-corrected chi connectivity index (χ3v) is 10.3. The average Bonchev–Trinajstić information content (AvgIpc) is 3.41. The standard InChI is InChI=1S/C31H39N3O5S/c1-22-18-23(2)31(24(3)19-22)40(36,37)34-15-6-5-8-26(34)20-39-21-29(35)33-17-16-32-14-7-9-28(32)30(33)25-10-12-27(38-4)13-11-25/h7,9-14,18-19,26,30H,5-6,8,15-17,20-21H2,1-4H3. The van der Waals surface area contributed by atoms with Crippen LogP contribution in [0.2, 0.25) is 0 Å². The van der Waals surface area contributed by atoms with Crippen molar-refractivity contribution in [2.75, 3.05) is 33.4 Å². The Morgan fingerprint density at radius 2 is 1.70 bits per heavy atom. The van der Waals surface area contributed by atoms with E-state index in [1.54, 1.807) is 11.4 Å². The number of rotatable bonds is 8. The van der Waals surface area contributed by atoms with E-state index in [4.69, 9.17) is 9.47 Å². The van der Waals surface area contributed by atoms with Crippen molar-refractivity contribution < 1.29 is 22.7 Å². The zero-order valence-corrected chi connectivity index (χ0v) is 24.6. The van der Waals surface area contributed by atoms with Crippen LogP contribution in [0.15, 0.2) is 59.6 Å². The smallest absolute Gasteiger partial charge is 0.249 e. The van der Waals surface area contributed by atoms with E-state index >= 15 is 0 Å². The molecule has 0 saturated carbocycles. The highest BCUT2D eigenvalue weighted by Crippen LogP contribution is 2.34. The molecule has 9 heteroatoms. The first-order valence-electron chi connectivity index (χ1n) is 14.0. The van der Waals surface area contributed by atoms with E-state index in [9.17, 15) is 13.2 Å².